The number of halogens is 1. The largest absolute Gasteiger partial charge is 0.507 e. The van der Waals surface area contributed by atoms with Gasteiger partial charge in [0.1, 0.15) is 29.5 Å². The lowest BCUT2D eigenvalue weighted by molar-refractivity contribution is -0.247. The molecule has 0 spiro atoms. The van der Waals surface area contributed by atoms with Crippen molar-refractivity contribution >= 4 is 41.7 Å². The molecule has 3 aliphatic rings. The molecule has 2 aromatic carbocycles. The molecule has 1 saturated heterocycles. The highest BCUT2D eigenvalue weighted by Gasteiger charge is 2.50. The number of aromatic hydroxyl groups is 2. The first-order chi connectivity index (χ1) is 24.8. The van der Waals surface area contributed by atoms with E-state index in [0.29, 0.717) is 6.42 Å². The minimum atomic E-state index is -2.24. The number of aliphatic hydroxyl groups excluding tert-OH is 2. The van der Waals surface area contributed by atoms with Gasteiger partial charge in [0.2, 0.25) is 12.6 Å². The molecule has 0 unspecified atom stereocenters. The van der Waals surface area contributed by atoms with Crippen LogP contribution in [-0.2, 0) is 39.8 Å². The standard InChI is InChI=1S/C27H29NO11.C10H18O4.ClH/c1-10-22(31)13(28)6-17(38-10)39-15-8-27(36,16(30)9-29)7-12-19(15)26(35)21-20(24(12)33)23(32)11-4-3-5-14(37-2)18(11)25(21)34;1-5-6-8(11)13-7-14-9(12)10(2,3)4;/h3-5,10,13,15,17,22,29,31,33,35-36H,6-9,28H2,1-2H3;5-7H2,1-4H3;1H/t10-,13-,15-,17-,22+,27-;;/m0../s1. The zero-order chi connectivity index (χ0) is 39.6. The van der Waals surface area contributed by atoms with E-state index in [1.165, 1.54) is 25.3 Å². The van der Waals surface area contributed by atoms with Crippen LogP contribution in [0, 0.1) is 5.41 Å². The van der Waals surface area contributed by atoms with Gasteiger partial charge in [-0.3, -0.25) is 24.0 Å². The fourth-order valence-corrected chi connectivity index (χ4v) is 6.39. The third-order valence-corrected chi connectivity index (χ3v) is 9.28. The Labute approximate surface area is 317 Å². The van der Waals surface area contributed by atoms with Gasteiger partial charge in [0.05, 0.1) is 47.5 Å². The van der Waals surface area contributed by atoms with E-state index in [4.69, 9.17) is 24.7 Å². The first kappa shape index (κ1) is 44.2. The van der Waals surface area contributed by atoms with Gasteiger partial charge in [0.15, 0.2) is 17.9 Å². The molecule has 0 bridgehead atoms. The maximum Gasteiger partial charge on any atom is 0.314 e. The highest BCUT2D eigenvalue weighted by molar-refractivity contribution is 6.31. The monoisotopic (exact) mass is 781 g/mol. The third kappa shape index (κ3) is 8.86. The topological polar surface area (TPSA) is 259 Å². The average Bonchev–Trinajstić information content (AvgIpc) is 3.10. The summed E-state index contributed by atoms with van der Waals surface area (Å²) in [6, 6.07) is 3.64. The molecule has 2 aromatic rings. The number of aliphatic hydroxyl groups is 3. The second kappa shape index (κ2) is 17.5. The number of rotatable bonds is 9. The molecular formula is C37H48ClNO15. The van der Waals surface area contributed by atoms with Crippen molar-refractivity contribution in [3.05, 3.63) is 51.6 Å². The quantitative estimate of drug-likeness (QED) is 0.103. The van der Waals surface area contributed by atoms with Gasteiger partial charge in [0.25, 0.3) is 0 Å². The average molecular weight is 782 g/mol. The summed E-state index contributed by atoms with van der Waals surface area (Å²) in [5, 5.41) is 53.7. The Bertz CT molecular complexity index is 1760. The Morgan fingerprint density at radius 1 is 1.04 bits per heavy atom. The summed E-state index contributed by atoms with van der Waals surface area (Å²) < 4.78 is 26.4. The summed E-state index contributed by atoms with van der Waals surface area (Å²) >= 11 is 0. The van der Waals surface area contributed by atoms with Crippen molar-refractivity contribution in [2.24, 2.45) is 11.1 Å². The number of Topliss-reactive ketones (excluding diaryl/α,β-unsaturated/α-hetero) is 1. The zero-order valence-corrected chi connectivity index (χ0v) is 31.7. The van der Waals surface area contributed by atoms with Crippen LogP contribution in [0.25, 0.3) is 0 Å². The summed E-state index contributed by atoms with van der Waals surface area (Å²) in [6.07, 6.45) is -4.04. The van der Waals surface area contributed by atoms with Crippen molar-refractivity contribution in [2.75, 3.05) is 20.5 Å². The molecule has 0 radical (unpaired) electrons. The predicted octanol–water partition coefficient (Wildman–Crippen LogP) is 2.30. The second-order valence-electron chi connectivity index (χ2n) is 14.2. The maximum absolute atomic E-state index is 13.6. The number of methoxy groups -OCH3 is 1. The Balaban J connectivity index is 0.000000447. The highest BCUT2D eigenvalue weighted by atomic mass is 35.5. The molecular weight excluding hydrogens is 734 g/mol. The summed E-state index contributed by atoms with van der Waals surface area (Å²) in [6.45, 7) is 7.37. The molecule has 0 aromatic heterocycles. The van der Waals surface area contributed by atoms with Crippen molar-refractivity contribution < 1.29 is 73.2 Å². The first-order valence-electron chi connectivity index (χ1n) is 17.1. The van der Waals surface area contributed by atoms with Gasteiger partial charge in [-0.2, -0.15) is 0 Å². The van der Waals surface area contributed by atoms with Crippen molar-refractivity contribution in [1.82, 2.24) is 0 Å². The van der Waals surface area contributed by atoms with Gasteiger partial charge < -0.3 is 55.0 Å². The van der Waals surface area contributed by atoms with E-state index in [9.17, 15) is 49.5 Å². The van der Waals surface area contributed by atoms with Crippen LogP contribution in [-0.4, -0.2) is 105 Å². The Morgan fingerprint density at radius 2 is 1.69 bits per heavy atom. The summed E-state index contributed by atoms with van der Waals surface area (Å²) in [5.41, 5.74) is 1.82. The SMILES string of the molecule is CCCC(=O)OCOC(=O)C(C)(C)C.COc1cccc2c1C(=O)c1c(O)c3c(c(O)c1C2=O)C[C@@](O)(C(=O)CO)C[C@@H]3O[C@H]1C[C@H](N)[C@H](O)[C@H](C)O1.Cl. The molecule has 1 fully saturated rings. The molecule has 1 heterocycles. The Kier molecular flexibility index (Phi) is 14.4. The van der Waals surface area contributed by atoms with Gasteiger partial charge in [-0.05, 0) is 40.2 Å². The number of nitrogens with two attached hydrogens (primary N) is 1. The van der Waals surface area contributed by atoms with E-state index >= 15 is 0 Å². The van der Waals surface area contributed by atoms with Crippen LogP contribution >= 0.6 is 12.4 Å². The Morgan fingerprint density at radius 3 is 2.26 bits per heavy atom. The van der Waals surface area contributed by atoms with Crippen LogP contribution in [0.15, 0.2) is 18.2 Å². The normalized spacial score (nSPS) is 24.4. The number of esters is 2. The summed E-state index contributed by atoms with van der Waals surface area (Å²) in [5.74, 6) is -4.49. The lowest BCUT2D eigenvalue weighted by Gasteiger charge is -2.42. The number of hydrogen-bond donors (Lipinski definition) is 6. The van der Waals surface area contributed by atoms with Crippen LogP contribution < -0.4 is 10.5 Å². The second-order valence-corrected chi connectivity index (χ2v) is 14.2. The van der Waals surface area contributed by atoms with Crippen LogP contribution in [0.3, 0.4) is 0 Å². The lowest BCUT2D eigenvalue weighted by atomic mass is 9.72. The molecule has 0 amide bonds. The molecule has 2 aliphatic carbocycles. The molecule has 7 N–H and O–H groups in total. The molecule has 6 atom stereocenters. The zero-order valence-electron chi connectivity index (χ0n) is 30.9. The summed E-state index contributed by atoms with van der Waals surface area (Å²) in [4.78, 5) is 61.8. The number of ketones is 3. The molecule has 5 rings (SSSR count). The molecule has 0 saturated carbocycles. The number of fused-ring (bicyclic) bond motifs is 3. The maximum atomic E-state index is 13.6. The number of carbonyl (C=O) groups is 5. The van der Waals surface area contributed by atoms with Gasteiger partial charge in [0, 0.05) is 48.4 Å². The molecule has 298 valence electrons. The van der Waals surface area contributed by atoms with Gasteiger partial charge >= 0.3 is 11.9 Å². The van der Waals surface area contributed by atoms with E-state index < -0.39 is 101 Å². The van der Waals surface area contributed by atoms with E-state index in [0.717, 1.165) is 6.42 Å². The Hall–Kier alpha value is -4.16. The number of hydrogen-bond acceptors (Lipinski definition) is 16. The number of phenolic OH excluding ortho intramolecular Hbond substituents is 2. The van der Waals surface area contributed by atoms with Crippen LogP contribution in [0.4, 0.5) is 0 Å². The minimum absolute atomic E-state index is 0. The van der Waals surface area contributed by atoms with E-state index in [1.54, 1.807) is 27.7 Å². The van der Waals surface area contributed by atoms with Gasteiger partial charge in [-0.15, -0.1) is 12.4 Å². The van der Waals surface area contributed by atoms with Crippen LogP contribution in [0.2, 0.25) is 0 Å². The van der Waals surface area contributed by atoms with Crippen molar-refractivity contribution in [2.45, 2.75) is 103 Å². The fraction of sp³-hybridized carbons (Fsp3) is 0.541. The number of benzene rings is 2. The lowest BCUT2D eigenvalue weighted by Crippen LogP contribution is -2.53. The molecule has 54 heavy (non-hydrogen) atoms. The number of ether oxygens (including phenoxy) is 5. The molecule has 16 nitrogen and oxygen atoms in total. The van der Waals surface area contributed by atoms with Crippen LogP contribution in [0.5, 0.6) is 17.2 Å². The van der Waals surface area contributed by atoms with E-state index in [-0.39, 0.29) is 65.6 Å². The van der Waals surface area contributed by atoms with E-state index in [1.807, 2.05) is 6.92 Å². The highest BCUT2D eigenvalue weighted by Crippen LogP contribution is 2.52. The van der Waals surface area contributed by atoms with Crippen molar-refractivity contribution in [3.63, 3.8) is 0 Å². The van der Waals surface area contributed by atoms with Gasteiger partial charge in [-0.25, -0.2) is 0 Å². The van der Waals surface area contributed by atoms with Crippen molar-refractivity contribution in [1.29, 1.82) is 0 Å². The van der Waals surface area contributed by atoms with E-state index in [2.05, 4.69) is 4.74 Å². The van der Waals surface area contributed by atoms with Crippen molar-refractivity contribution in [3.8, 4) is 17.2 Å². The molecule has 17 heteroatoms. The smallest absolute Gasteiger partial charge is 0.314 e. The first-order valence-corrected chi connectivity index (χ1v) is 17.1. The fourth-order valence-electron chi connectivity index (χ4n) is 6.39. The number of carbonyl (C=O) groups excluding carboxylic acids is 5. The minimum Gasteiger partial charge on any atom is -0.507 e. The predicted molar refractivity (Wildman–Crippen MR) is 190 cm³/mol. The van der Waals surface area contributed by atoms with Gasteiger partial charge in [-0.1, -0.05) is 19.1 Å². The van der Waals surface area contributed by atoms with Crippen LogP contribution in [0.1, 0.15) is 109 Å². The third-order valence-electron chi connectivity index (χ3n) is 9.28. The summed E-state index contributed by atoms with van der Waals surface area (Å²) in [7, 11) is 1.32. The number of phenols is 2. The molecule has 1 aliphatic heterocycles.